The van der Waals surface area contributed by atoms with Gasteiger partial charge in [0, 0.05) is 23.4 Å². The van der Waals surface area contributed by atoms with Crippen LogP contribution in [0.25, 0.3) is 11.3 Å². The maximum absolute atomic E-state index is 12.1. The molecule has 0 aliphatic rings. The molecule has 0 aliphatic carbocycles. The van der Waals surface area contributed by atoms with Crippen molar-refractivity contribution in [1.29, 1.82) is 0 Å². The van der Waals surface area contributed by atoms with Crippen LogP contribution in [0.2, 0.25) is 0 Å². The molecule has 0 atom stereocenters. The van der Waals surface area contributed by atoms with Crippen LogP contribution >= 0.6 is 0 Å². The summed E-state index contributed by atoms with van der Waals surface area (Å²) in [5.41, 5.74) is 2.39. The number of anilines is 1. The molecule has 0 fully saturated rings. The minimum atomic E-state index is -0.226. The standard InChI is InChI=1S/C16H13N3O2/c1-11-10-15(19-21-11)18-16(20)13-7-5-12(6-8-13)14-4-2-3-9-17-14/h2-10H,1H3,(H,18,19,20). The molecule has 0 unspecified atom stereocenters. The van der Waals surface area contributed by atoms with Crippen molar-refractivity contribution in [2.75, 3.05) is 5.32 Å². The van der Waals surface area contributed by atoms with Gasteiger partial charge in [0.1, 0.15) is 5.76 Å². The molecule has 0 saturated carbocycles. The van der Waals surface area contributed by atoms with E-state index in [9.17, 15) is 4.79 Å². The Balaban J connectivity index is 1.76. The maximum atomic E-state index is 12.1. The van der Waals surface area contributed by atoms with Crippen LogP contribution in [0.3, 0.4) is 0 Å². The fourth-order valence-electron chi connectivity index (χ4n) is 1.94. The summed E-state index contributed by atoms with van der Waals surface area (Å²) < 4.78 is 4.91. The lowest BCUT2D eigenvalue weighted by molar-refractivity contribution is 0.102. The van der Waals surface area contributed by atoms with Gasteiger partial charge in [-0.1, -0.05) is 23.4 Å². The number of rotatable bonds is 3. The van der Waals surface area contributed by atoms with E-state index in [4.69, 9.17) is 4.52 Å². The number of hydrogen-bond donors (Lipinski definition) is 1. The molecule has 0 aliphatic heterocycles. The zero-order valence-electron chi connectivity index (χ0n) is 11.4. The van der Waals surface area contributed by atoms with E-state index < -0.39 is 0 Å². The van der Waals surface area contributed by atoms with Gasteiger partial charge in [-0.2, -0.15) is 0 Å². The Morgan fingerprint density at radius 1 is 1.14 bits per heavy atom. The van der Waals surface area contributed by atoms with Gasteiger partial charge >= 0.3 is 0 Å². The van der Waals surface area contributed by atoms with E-state index in [0.717, 1.165) is 11.3 Å². The molecular formula is C16H13N3O2. The van der Waals surface area contributed by atoms with Gasteiger partial charge in [0.15, 0.2) is 5.82 Å². The number of nitrogens with one attached hydrogen (secondary N) is 1. The molecular weight excluding hydrogens is 266 g/mol. The first-order valence-electron chi connectivity index (χ1n) is 6.48. The van der Waals surface area contributed by atoms with E-state index in [2.05, 4.69) is 15.5 Å². The Bertz CT molecular complexity index is 749. The predicted molar refractivity (Wildman–Crippen MR) is 78.9 cm³/mol. The van der Waals surface area contributed by atoms with Crippen molar-refractivity contribution >= 4 is 11.7 Å². The van der Waals surface area contributed by atoms with Crippen LogP contribution in [0, 0.1) is 6.92 Å². The fourth-order valence-corrected chi connectivity index (χ4v) is 1.94. The second-order valence-corrected chi connectivity index (χ2v) is 4.57. The summed E-state index contributed by atoms with van der Waals surface area (Å²) in [5, 5.41) is 6.41. The van der Waals surface area contributed by atoms with Crippen molar-refractivity contribution < 1.29 is 9.32 Å². The summed E-state index contributed by atoms with van der Waals surface area (Å²) in [5.74, 6) is 0.831. The van der Waals surface area contributed by atoms with E-state index in [0.29, 0.717) is 17.1 Å². The van der Waals surface area contributed by atoms with Gasteiger partial charge in [0.2, 0.25) is 0 Å². The first kappa shape index (κ1) is 13.1. The van der Waals surface area contributed by atoms with Crippen molar-refractivity contribution in [2.45, 2.75) is 6.92 Å². The predicted octanol–water partition coefficient (Wildman–Crippen LogP) is 3.30. The van der Waals surface area contributed by atoms with E-state index >= 15 is 0 Å². The molecule has 2 aromatic heterocycles. The van der Waals surface area contributed by atoms with E-state index in [1.165, 1.54) is 0 Å². The molecule has 21 heavy (non-hydrogen) atoms. The van der Waals surface area contributed by atoms with Crippen LogP contribution in [0.1, 0.15) is 16.1 Å². The van der Waals surface area contributed by atoms with Crippen molar-refractivity contribution in [3.8, 4) is 11.3 Å². The van der Waals surface area contributed by atoms with E-state index in [-0.39, 0.29) is 5.91 Å². The molecule has 0 spiro atoms. The molecule has 2 heterocycles. The highest BCUT2D eigenvalue weighted by Gasteiger charge is 2.09. The second-order valence-electron chi connectivity index (χ2n) is 4.57. The molecule has 1 N–H and O–H groups in total. The smallest absolute Gasteiger partial charge is 0.256 e. The van der Waals surface area contributed by atoms with Gasteiger partial charge in [-0.25, -0.2) is 0 Å². The normalized spacial score (nSPS) is 10.3. The van der Waals surface area contributed by atoms with Crippen LogP contribution in [0.5, 0.6) is 0 Å². The average Bonchev–Trinajstić information content (AvgIpc) is 2.93. The Hall–Kier alpha value is -2.95. The molecule has 0 bridgehead atoms. The lowest BCUT2D eigenvalue weighted by Gasteiger charge is -2.03. The number of aromatic nitrogens is 2. The molecule has 1 amide bonds. The number of nitrogens with zero attached hydrogens (tertiary/aromatic N) is 2. The van der Waals surface area contributed by atoms with Crippen LogP contribution in [0.4, 0.5) is 5.82 Å². The van der Waals surface area contributed by atoms with Gasteiger partial charge < -0.3 is 9.84 Å². The third kappa shape index (κ3) is 2.97. The first-order chi connectivity index (χ1) is 10.2. The number of aryl methyl sites for hydroxylation is 1. The molecule has 104 valence electrons. The number of amides is 1. The number of hydrogen-bond acceptors (Lipinski definition) is 4. The monoisotopic (exact) mass is 279 g/mol. The summed E-state index contributed by atoms with van der Waals surface area (Å²) in [7, 11) is 0. The van der Waals surface area contributed by atoms with E-state index in [1.54, 1.807) is 31.3 Å². The third-order valence-corrected chi connectivity index (χ3v) is 2.98. The van der Waals surface area contributed by atoms with Crippen LogP contribution < -0.4 is 5.32 Å². The molecule has 3 rings (SSSR count). The first-order valence-corrected chi connectivity index (χ1v) is 6.48. The lowest BCUT2D eigenvalue weighted by atomic mass is 10.1. The zero-order chi connectivity index (χ0) is 14.7. The van der Waals surface area contributed by atoms with Crippen LogP contribution in [-0.2, 0) is 0 Å². The van der Waals surface area contributed by atoms with Gasteiger partial charge in [-0.15, -0.1) is 0 Å². The molecule has 3 aromatic rings. The Kier molecular flexibility index (Phi) is 3.47. The number of carbonyl (C=O) groups is 1. The van der Waals surface area contributed by atoms with Gasteiger partial charge in [-0.3, -0.25) is 9.78 Å². The highest BCUT2D eigenvalue weighted by molar-refractivity contribution is 6.03. The Morgan fingerprint density at radius 3 is 2.57 bits per heavy atom. The Labute approximate surface area is 121 Å². The third-order valence-electron chi connectivity index (χ3n) is 2.98. The minimum Gasteiger partial charge on any atom is -0.360 e. The van der Waals surface area contributed by atoms with Gasteiger partial charge in [-0.05, 0) is 31.2 Å². The second kappa shape index (κ2) is 5.58. The molecule has 1 aromatic carbocycles. The van der Waals surface area contributed by atoms with Crippen molar-refractivity contribution in [3.63, 3.8) is 0 Å². The number of pyridine rings is 1. The van der Waals surface area contributed by atoms with Crippen LogP contribution in [-0.4, -0.2) is 16.0 Å². The van der Waals surface area contributed by atoms with E-state index in [1.807, 2.05) is 30.3 Å². The molecule has 5 heteroatoms. The number of carbonyl (C=O) groups excluding carboxylic acids is 1. The van der Waals surface area contributed by atoms with Gasteiger partial charge in [0.25, 0.3) is 5.91 Å². The highest BCUT2D eigenvalue weighted by Crippen LogP contribution is 2.17. The number of benzene rings is 1. The van der Waals surface area contributed by atoms with Crippen molar-refractivity contribution in [3.05, 3.63) is 66.1 Å². The summed E-state index contributed by atoms with van der Waals surface area (Å²) in [6.45, 7) is 1.77. The SMILES string of the molecule is Cc1cc(NC(=O)c2ccc(-c3ccccn3)cc2)no1. The van der Waals surface area contributed by atoms with Crippen molar-refractivity contribution in [1.82, 2.24) is 10.1 Å². The summed E-state index contributed by atoms with van der Waals surface area (Å²) in [4.78, 5) is 16.3. The fraction of sp³-hybridized carbons (Fsp3) is 0.0625. The largest absolute Gasteiger partial charge is 0.360 e. The maximum Gasteiger partial charge on any atom is 0.256 e. The molecule has 0 saturated heterocycles. The summed E-state index contributed by atoms with van der Waals surface area (Å²) >= 11 is 0. The quantitative estimate of drug-likeness (QED) is 0.798. The zero-order valence-corrected chi connectivity index (χ0v) is 11.4. The highest BCUT2D eigenvalue weighted by atomic mass is 16.5. The summed E-state index contributed by atoms with van der Waals surface area (Å²) in [6.07, 6.45) is 1.74. The van der Waals surface area contributed by atoms with Gasteiger partial charge in [0.05, 0.1) is 5.69 Å². The average molecular weight is 279 g/mol. The van der Waals surface area contributed by atoms with Crippen LogP contribution in [0.15, 0.2) is 59.3 Å². The molecule has 5 nitrogen and oxygen atoms in total. The minimum absolute atomic E-state index is 0.226. The molecule has 0 radical (unpaired) electrons. The Morgan fingerprint density at radius 2 is 1.95 bits per heavy atom. The summed E-state index contributed by atoms with van der Waals surface area (Å²) in [6, 6.07) is 14.6. The topological polar surface area (TPSA) is 68.0 Å². The lowest BCUT2D eigenvalue weighted by Crippen LogP contribution is -2.11. The van der Waals surface area contributed by atoms with Crippen molar-refractivity contribution in [2.24, 2.45) is 0 Å².